The Bertz CT molecular complexity index is 860. The summed E-state index contributed by atoms with van der Waals surface area (Å²) in [6.07, 6.45) is 2.88. The fraction of sp³-hybridized carbons (Fsp3) is 0.571. The molecule has 5 nitrogen and oxygen atoms in total. The lowest BCUT2D eigenvalue weighted by molar-refractivity contribution is -0.151. The number of ether oxygens (including phenoxy) is 2. The number of aromatic nitrogens is 1. The Labute approximate surface area is 153 Å². The number of methoxy groups -OCH3 is 2. The van der Waals surface area contributed by atoms with Crippen molar-refractivity contribution in [1.29, 1.82) is 0 Å². The second-order valence-corrected chi connectivity index (χ2v) is 8.09. The summed E-state index contributed by atoms with van der Waals surface area (Å²) in [4.78, 5) is 19.4. The lowest BCUT2D eigenvalue weighted by atomic mass is 9.75. The van der Waals surface area contributed by atoms with E-state index in [1.54, 1.807) is 7.11 Å². The first-order chi connectivity index (χ1) is 12.7. The van der Waals surface area contributed by atoms with Crippen LogP contribution in [0.25, 0.3) is 10.9 Å². The van der Waals surface area contributed by atoms with Crippen molar-refractivity contribution in [3.05, 3.63) is 35.5 Å². The number of nitrogens with zero attached hydrogens (tertiary/aromatic N) is 1. The zero-order chi connectivity index (χ0) is 17.9. The minimum atomic E-state index is -0.569. The maximum absolute atomic E-state index is 13.2. The van der Waals surface area contributed by atoms with Gasteiger partial charge in [-0.2, -0.15) is 0 Å². The lowest BCUT2D eigenvalue weighted by Crippen LogP contribution is -2.54. The quantitative estimate of drug-likeness (QED) is 0.857. The number of fused-ring (bicyclic) bond motifs is 5. The predicted octanol–water partition coefficient (Wildman–Crippen LogP) is 2.49. The summed E-state index contributed by atoms with van der Waals surface area (Å²) >= 11 is 0. The number of nitrogens with one attached hydrogen (secondary N) is 1. The van der Waals surface area contributed by atoms with Crippen LogP contribution in [0.1, 0.15) is 24.1 Å². The van der Waals surface area contributed by atoms with Gasteiger partial charge in [-0.3, -0.25) is 9.69 Å². The van der Waals surface area contributed by atoms with E-state index in [-0.39, 0.29) is 12.0 Å². The van der Waals surface area contributed by atoms with E-state index in [1.807, 2.05) is 0 Å². The van der Waals surface area contributed by atoms with Crippen LogP contribution in [-0.2, 0) is 26.1 Å². The van der Waals surface area contributed by atoms with Crippen LogP contribution in [0.15, 0.2) is 24.3 Å². The average molecular weight is 354 g/mol. The Balaban J connectivity index is 1.71. The van der Waals surface area contributed by atoms with Gasteiger partial charge in [-0.05, 0) is 42.7 Å². The zero-order valence-electron chi connectivity index (χ0n) is 15.5. The largest absolute Gasteiger partial charge is 0.468 e. The van der Waals surface area contributed by atoms with Gasteiger partial charge in [0.2, 0.25) is 0 Å². The molecule has 3 aliphatic rings. The average Bonchev–Trinajstić information content (AvgIpc) is 3.29. The zero-order valence-corrected chi connectivity index (χ0v) is 15.5. The molecule has 138 valence electrons. The summed E-state index contributed by atoms with van der Waals surface area (Å²) in [7, 11) is 3.29. The molecular weight excluding hydrogens is 328 g/mol. The van der Waals surface area contributed by atoms with Gasteiger partial charge in [0.1, 0.15) is 5.41 Å². The molecule has 0 spiro atoms. The molecule has 2 aromatic rings. The summed E-state index contributed by atoms with van der Waals surface area (Å²) in [6, 6.07) is 8.64. The third-order valence-corrected chi connectivity index (χ3v) is 7.08. The topological polar surface area (TPSA) is 54.6 Å². The predicted molar refractivity (Wildman–Crippen MR) is 99.1 cm³/mol. The number of H-pyrrole nitrogens is 1. The van der Waals surface area contributed by atoms with Crippen LogP contribution in [0.4, 0.5) is 0 Å². The van der Waals surface area contributed by atoms with E-state index in [0.717, 1.165) is 50.2 Å². The molecular formula is C21H26N2O3. The van der Waals surface area contributed by atoms with Crippen LogP contribution in [0, 0.1) is 11.8 Å². The van der Waals surface area contributed by atoms with Crippen LogP contribution >= 0.6 is 0 Å². The van der Waals surface area contributed by atoms with Gasteiger partial charge in [0.15, 0.2) is 0 Å². The van der Waals surface area contributed by atoms with Crippen molar-refractivity contribution in [2.75, 3.05) is 33.9 Å². The van der Waals surface area contributed by atoms with Crippen molar-refractivity contribution >= 4 is 16.9 Å². The van der Waals surface area contributed by atoms with E-state index in [0.29, 0.717) is 11.8 Å². The van der Waals surface area contributed by atoms with Crippen molar-refractivity contribution < 1.29 is 14.3 Å². The first-order valence-corrected chi connectivity index (χ1v) is 9.62. The second kappa shape index (κ2) is 5.83. The Morgan fingerprint density at radius 1 is 1.35 bits per heavy atom. The van der Waals surface area contributed by atoms with Crippen molar-refractivity contribution in [3.8, 4) is 0 Å². The second-order valence-electron chi connectivity index (χ2n) is 8.09. The highest BCUT2D eigenvalue weighted by Crippen LogP contribution is 2.58. The maximum Gasteiger partial charge on any atom is 0.319 e. The monoisotopic (exact) mass is 354 g/mol. The molecule has 2 bridgehead atoms. The summed E-state index contributed by atoms with van der Waals surface area (Å²) in [5.74, 6) is 0.949. The highest BCUT2D eigenvalue weighted by molar-refractivity contribution is 5.92. The van der Waals surface area contributed by atoms with Crippen molar-refractivity contribution in [2.45, 2.75) is 30.7 Å². The smallest absolute Gasteiger partial charge is 0.319 e. The number of benzene rings is 1. The third kappa shape index (κ3) is 1.96. The molecule has 1 aromatic carbocycles. The van der Waals surface area contributed by atoms with Crippen LogP contribution in [0.5, 0.6) is 0 Å². The van der Waals surface area contributed by atoms with E-state index in [4.69, 9.17) is 9.47 Å². The summed E-state index contributed by atoms with van der Waals surface area (Å²) in [5, 5.41) is 1.25. The number of aromatic amines is 1. The molecule has 2 unspecified atom stereocenters. The Hall–Kier alpha value is -1.85. The van der Waals surface area contributed by atoms with Gasteiger partial charge in [0.05, 0.1) is 7.11 Å². The molecule has 1 saturated heterocycles. The highest BCUT2D eigenvalue weighted by Gasteiger charge is 2.66. The lowest BCUT2D eigenvalue weighted by Gasteiger charge is -2.40. The molecule has 1 N–H and O–H groups in total. The number of para-hydroxylation sites is 1. The molecule has 5 rings (SSSR count). The van der Waals surface area contributed by atoms with E-state index in [1.165, 1.54) is 18.1 Å². The number of carbonyl (C=O) groups excluding carboxylic acids is 1. The molecule has 2 aliphatic heterocycles. The minimum Gasteiger partial charge on any atom is -0.468 e. The SMILES string of the molecule is COCCC1C2CN3CCc4c([nH]c5ccccc45)[C@](C(=O)OC)(C2)[C@H]13. The fourth-order valence-electron chi connectivity index (χ4n) is 6.22. The molecule has 1 aliphatic carbocycles. The summed E-state index contributed by atoms with van der Waals surface area (Å²) < 4.78 is 10.8. The van der Waals surface area contributed by atoms with E-state index < -0.39 is 5.41 Å². The van der Waals surface area contributed by atoms with E-state index in [2.05, 4.69) is 34.1 Å². The van der Waals surface area contributed by atoms with Gasteiger partial charge in [-0.25, -0.2) is 0 Å². The van der Waals surface area contributed by atoms with E-state index >= 15 is 0 Å². The Kier molecular flexibility index (Phi) is 3.66. The Morgan fingerprint density at radius 2 is 2.19 bits per heavy atom. The molecule has 1 aromatic heterocycles. The van der Waals surface area contributed by atoms with Crippen molar-refractivity contribution in [1.82, 2.24) is 9.88 Å². The van der Waals surface area contributed by atoms with Gasteiger partial charge in [-0.1, -0.05) is 18.2 Å². The van der Waals surface area contributed by atoms with Gasteiger partial charge in [0, 0.05) is 49.4 Å². The van der Waals surface area contributed by atoms with Gasteiger partial charge < -0.3 is 14.5 Å². The van der Waals surface area contributed by atoms with Crippen LogP contribution in [0.2, 0.25) is 0 Å². The van der Waals surface area contributed by atoms with Gasteiger partial charge in [-0.15, -0.1) is 0 Å². The van der Waals surface area contributed by atoms with E-state index in [9.17, 15) is 4.79 Å². The highest BCUT2D eigenvalue weighted by atomic mass is 16.5. The number of esters is 1. The molecule has 0 amide bonds. The van der Waals surface area contributed by atoms with Crippen LogP contribution in [0.3, 0.4) is 0 Å². The molecule has 26 heavy (non-hydrogen) atoms. The van der Waals surface area contributed by atoms with Crippen molar-refractivity contribution in [3.63, 3.8) is 0 Å². The van der Waals surface area contributed by atoms with Gasteiger partial charge in [0.25, 0.3) is 0 Å². The summed E-state index contributed by atoms with van der Waals surface area (Å²) in [5.41, 5.74) is 2.99. The number of hydrogen-bond donors (Lipinski definition) is 1. The van der Waals surface area contributed by atoms with Crippen LogP contribution < -0.4 is 0 Å². The number of hydrogen-bond acceptors (Lipinski definition) is 4. The number of piperidine rings is 1. The standard InChI is InChI=1S/C21H26N2O3/c1-25-10-8-14-13-11-21(20(24)26-2)18-16(7-9-23(12-13)19(14)21)15-5-3-4-6-17(15)22-18/h3-6,13-14,19,22H,7-12H2,1-2H3/t13?,14?,19-,21+/m0/s1. The molecule has 3 heterocycles. The molecule has 4 atom stereocenters. The van der Waals surface area contributed by atoms with Crippen molar-refractivity contribution in [2.24, 2.45) is 11.8 Å². The molecule has 2 fully saturated rings. The van der Waals surface area contributed by atoms with Crippen LogP contribution in [-0.4, -0.2) is 55.8 Å². The minimum absolute atomic E-state index is 0.0770. The summed E-state index contributed by atoms with van der Waals surface area (Å²) in [6.45, 7) is 2.86. The normalized spacial score (nSPS) is 32.6. The fourth-order valence-corrected chi connectivity index (χ4v) is 6.22. The third-order valence-electron chi connectivity index (χ3n) is 7.08. The molecule has 5 heteroatoms. The Morgan fingerprint density at radius 3 is 3.00 bits per heavy atom. The van der Waals surface area contributed by atoms with Gasteiger partial charge >= 0.3 is 5.97 Å². The molecule has 0 radical (unpaired) electrons. The number of rotatable bonds is 4. The molecule has 1 saturated carbocycles. The maximum atomic E-state index is 13.2. The number of carbonyl (C=O) groups is 1. The first-order valence-electron chi connectivity index (χ1n) is 9.62. The first kappa shape index (κ1) is 16.3.